The summed E-state index contributed by atoms with van der Waals surface area (Å²) >= 11 is 0. The topological polar surface area (TPSA) is 32.3 Å². The molecule has 0 aliphatic rings. The molecule has 2 rings (SSSR count). The maximum Gasteiger partial charge on any atom is 0.0540 e. The smallest absolute Gasteiger partial charge is 0.0540 e. The summed E-state index contributed by atoms with van der Waals surface area (Å²) in [6.45, 7) is 3.07. The van der Waals surface area contributed by atoms with Crippen molar-refractivity contribution in [1.29, 1.82) is 0 Å². The van der Waals surface area contributed by atoms with Crippen LogP contribution in [-0.2, 0) is 0 Å². The predicted molar refractivity (Wildman–Crippen MR) is 89.0 cm³/mol. The molecule has 2 aromatic carbocycles. The first-order chi connectivity index (χ1) is 10.3. The van der Waals surface area contributed by atoms with Crippen LogP contribution < -0.4 is 5.32 Å². The molecule has 2 heteroatoms. The maximum atomic E-state index is 8.62. The molecule has 0 aromatic heterocycles. The molecule has 0 amide bonds. The Morgan fingerprint density at radius 3 is 2.86 bits per heavy atom. The number of allylic oxidation sites excluding steroid dienone is 1. The van der Waals surface area contributed by atoms with Crippen LogP contribution in [0.25, 0.3) is 10.8 Å². The summed E-state index contributed by atoms with van der Waals surface area (Å²) in [5.41, 5.74) is 1.31. The summed E-state index contributed by atoms with van der Waals surface area (Å²) in [6, 6.07) is 15.2. The fourth-order valence-electron chi connectivity index (χ4n) is 2.29. The van der Waals surface area contributed by atoms with E-state index in [4.69, 9.17) is 5.11 Å². The summed E-state index contributed by atoms with van der Waals surface area (Å²) < 4.78 is 0. The first-order valence-corrected chi connectivity index (χ1v) is 7.28. The average molecular weight is 279 g/mol. The van der Waals surface area contributed by atoms with Gasteiger partial charge in [0.05, 0.1) is 6.61 Å². The highest BCUT2D eigenvalue weighted by atomic mass is 16.2. The zero-order valence-corrected chi connectivity index (χ0v) is 12.3. The monoisotopic (exact) mass is 279 g/mol. The number of nitrogens with one attached hydrogen (secondary N) is 1. The molecule has 21 heavy (non-hydrogen) atoms. The molecule has 0 saturated carbocycles. The van der Waals surface area contributed by atoms with Crippen molar-refractivity contribution in [2.45, 2.75) is 19.4 Å². The van der Waals surface area contributed by atoms with Crippen molar-refractivity contribution in [3.8, 4) is 11.8 Å². The van der Waals surface area contributed by atoms with Gasteiger partial charge in [0.2, 0.25) is 0 Å². The SMILES string of the molecule is CC(NC/C=C/C#CCCO)c1cccc2ccccc12. The third-order valence-electron chi connectivity index (χ3n) is 3.37. The fourth-order valence-corrected chi connectivity index (χ4v) is 2.29. The Morgan fingerprint density at radius 2 is 2.00 bits per heavy atom. The van der Waals surface area contributed by atoms with Gasteiger partial charge in [0, 0.05) is 19.0 Å². The summed E-state index contributed by atoms with van der Waals surface area (Å²) in [4.78, 5) is 0. The van der Waals surface area contributed by atoms with E-state index in [0.717, 1.165) is 6.54 Å². The van der Waals surface area contributed by atoms with Gasteiger partial charge in [0.15, 0.2) is 0 Å². The van der Waals surface area contributed by atoms with Crippen molar-refractivity contribution in [3.05, 3.63) is 60.2 Å². The third kappa shape index (κ3) is 4.46. The Morgan fingerprint density at radius 1 is 1.19 bits per heavy atom. The van der Waals surface area contributed by atoms with Crippen molar-refractivity contribution < 1.29 is 5.11 Å². The Bertz CT molecular complexity index is 659. The Labute approximate surface area is 126 Å². The molecular weight excluding hydrogens is 258 g/mol. The van der Waals surface area contributed by atoms with E-state index in [1.54, 1.807) is 0 Å². The lowest BCUT2D eigenvalue weighted by Crippen LogP contribution is -2.18. The molecule has 2 aromatic rings. The molecular formula is C19H21NO. The molecule has 1 atom stereocenters. The van der Waals surface area contributed by atoms with Crippen LogP contribution in [0.15, 0.2) is 54.6 Å². The van der Waals surface area contributed by atoms with Crippen LogP contribution >= 0.6 is 0 Å². The molecule has 0 aliphatic carbocycles. The number of hydrogen-bond acceptors (Lipinski definition) is 2. The van der Waals surface area contributed by atoms with Crippen molar-refractivity contribution in [1.82, 2.24) is 5.32 Å². The van der Waals surface area contributed by atoms with E-state index in [1.165, 1.54) is 16.3 Å². The zero-order chi connectivity index (χ0) is 14.9. The van der Waals surface area contributed by atoms with E-state index in [-0.39, 0.29) is 12.6 Å². The molecule has 0 bridgehead atoms. The van der Waals surface area contributed by atoms with Gasteiger partial charge in [0.25, 0.3) is 0 Å². The normalized spacial score (nSPS) is 12.3. The molecule has 2 nitrogen and oxygen atoms in total. The van der Waals surface area contributed by atoms with E-state index >= 15 is 0 Å². The summed E-state index contributed by atoms with van der Waals surface area (Å²) in [7, 11) is 0. The summed E-state index contributed by atoms with van der Waals surface area (Å²) in [5.74, 6) is 5.76. The van der Waals surface area contributed by atoms with Crippen molar-refractivity contribution >= 4 is 10.8 Å². The lowest BCUT2D eigenvalue weighted by molar-refractivity contribution is 0.305. The van der Waals surface area contributed by atoms with E-state index in [1.807, 2.05) is 12.2 Å². The van der Waals surface area contributed by atoms with Gasteiger partial charge in [-0.1, -0.05) is 60.4 Å². The largest absolute Gasteiger partial charge is 0.395 e. The zero-order valence-electron chi connectivity index (χ0n) is 12.3. The van der Waals surface area contributed by atoms with Crippen LogP contribution in [0.2, 0.25) is 0 Å². The molecule has 0 radical (unpaired) electrons. The quantitative estimate of drug-likeness (QED) is 0.822. The van der Waals surface area contributed by atoms with Crippen molar-refractivity contribution in [3.63, 3.8) is 0 Å². The first-order valence-electron chi connectivity index (χ1n) is 7.28. The molecule has 2 N–H and O–H groups in total. The highest BCUT2D eigenvalue weighted by Gasteiger charge is 2.07. The average Bonchev–Trinajstić information content (AvgIpc) is 2.53. The number of hydrogen-bond donors (Lipinski definition) is 2. The van der Waals surface area contributed by atoms with Gasteiger partial charge in [-0.05, 0) is 29.3 Å². The van der Waals surface area contributed by atoms with Gasteiger partial charge in [-0.15, -0.1) is 0 Å². The van der Waals surface area contributed by atoms with Gasteiger partial charge in [-0.25, -0.2) is 0 Å². The number of aliphatic hydroxyl groups is 1. The lowest BCUT2D eigenvalue weighted by Gasteiger charge is -2.15. The molecule has 0 aliphatic heterocycles. The van der Waals surface area contributed by atoms with Gasteiger partial charge in [-0.2, -0.15) is 0 Å². The summed E-state index contributed by atoms with van der Waals surface area (Å²) in [5, 5.41) is 14.7. The third-order valence-corrected chi connectivity index (χ3v) is 3.37. The van der Waals surface area contributed by atoms with Gasteiger partial charge >= 0.3 is 0 Å². The van der Waals surface area contributed by atoms with Crippen molar-refractivity contribution in [2.24, 2.45) is 0 Å². The first kappa shape index (κ1) is 15.3. The second kappa shape index (κ2) is 8.26. The number of rotatable bonds is 5. The highest BCUT2D eigenvalue weighted by molar-refractivity contribution is 5.86. The molecule has 0 fully saturated rings. The van der Waals surface area contributed by atoms with Crippen molar-refractivity contribution in [2.75, 3.05) is 13.2 Å². The highest BCUT2D eigenvalue weighted by Crippen LogP contribution is 2.23. The van der Waals surface area contributed by atoms with Gasteiger partial charge in [0.1, 0.15) is 0 Å². The van der Waals surface area contributed by atoms with Crippen LogP contribution in [0.3, 0.4) is 0 Å². The van der Waals surface area contributed by atoms with Crippen LogP contribution in [-0.4, -0.2) is 18.3 Å². The summed E-state index contributed by atoms with van der Waals surface area (Å²) in [6.07, 6.45) is 4.37. The predicted octanol–water partition coefficient (Wildman–Crippen LogP) is 3.43. The van der Waals surface area contributed by atoms with Crippen LogP contribution in [0.5, 0.6) is 0 Å². The Balaban J connectivity index is 1.97. The maximum absolute atomic E-state index is 8.62. The van der Waals surface area contributed by atoms with E-state index in [2.05, 4.69) is 66.5 Å². The molecule has 1 unspecified atom stereocenters. The molecule has 108 valence electrons. The molecule has 0 spiro atoms. The second-order valence-electron chi connectivity index (χ2n) is 4.90. The minimum atomic E-state index is 0.122. The Kier molecular flexibility index (Phi) is 6.02. The van der Waals surface area contributed by atoms with E-state index in [0.29, 0.717) is 6.42 Å². The van der Waals surface area contributed by atoms with Gasteiger partial charge < -0.3 is 10.4 Å². The Hall–Kier alpha value is -2.08. The molecule has 0 heterocycles. The van der Waals surface area contributed by atoms with Crippen LogP contribution in [0.1, 0.15) is 24.9 Å². The van der Waals surface area contributed by atoms with E-state index in [9.17, 15) is 0 Å². The van der Waals surface area contributed by atoms with Gasteiger partial charge in [-0.3, -0.25) is 0 Å². The number of aliphatic hydroxyl groups excluding tert-OH is 1. The fraction of sp³-hybridized carbons (Fsp3) is 0.263. The number of fused-ring (bicyclic) bond motifs is 1. The van der Waals surface area contributed by atoms with Crippen LogP contribution in [0, 0.1) is 11.8 Å². The van der Waals surface area contributed by atoms with E-state index < -0.39 is 0 Å². The minimum absolute atomic E-state index is 0.122. The minimum Gasteiger partial charge on any atom is -0.395 e. The second-order valence-corrected chi connectivity index (χ2v) is 4.90. The lowest BCUT2D eigenvalue weighted by atomic mass is 10.00. The number of benzene rings is 2. The van der Waals surface area contributed by atoms with Crippen LogP contribution in [0.4, 0.5) is 0 Å². The standard InChI is InChI=1S/C19H21NO/c1-16(20-14-7-3-2-4-8-15-21)18-13-9-11-17-10-5-6-12-19(17)18/h3,5-7,9-13,16,20-21H,8,14-15H2,1H3/b7-3+. The molecule has 0 saturated heterocycles.